The standard InChI is InChI=1S/C30H59NO9Si.C21H40N2O8.C3H6O/c1-9-20-13-12-17(2)28(37-20)39-26-18(3)15-19(11-10-14-36-41(7,8)30(4,5)6)27(25(26)35)40-29-24(34)22(31)23(33)21(16-32)38-29;1-4-11-6-5-9(2)20(28-11)30-18-10(3)7-12(22)19(17(18)27)31-21-16(26)14(23)15(25)13(8-24)29-21;1-2-3-4/h17-29,32-35H,9-16,31H2,1-8H3;9-21,24-27H,4-8,22-23H2,1-3H3;3H,2H2,1H3/t17?,18-,19+,20+,21+,22-,23+,24+,25-,26?,27-,28+,29+;9-,10+,11-,12-,13-,14+,15-,16-,17+,18?,19+,20-,21-;/m01./s1. The highest BCUT2D eigenvalue weighted by Gasteiger charge is 2.52. The predicted molar refractivity (Wildman–Crippen MR) is 285 cm³/mol. The molecule has 6 rings (SSSR count). The molecule has 0 amide bonds. The van der Waals surface area contributed by atoms with Crippen LogP contribution in [-0.2, 0) is 47.1 Å². The summed E-state index contributed by atoms with van der Waals surface area (Å²) in [5.74, 6) is 0.359. The predicted octanol–water partition coefficient (Wildman–Crippen LogP) is 2.29. The molecule has 2 saturated carbocycles. The van der Waals surface area contributed by atoms with E-state index in [1.165, 1.54) is 0 Å². The number of hydrogen-bond acceptors (Lipinski definition) is 21. The van der Waals surface area contributed by atoms with Crippen molar-refractivity contribution in [3.05, 3.63) is 0 Å². The SMILES string of the molecule is CCC=O.CC[C@@H]1CCC(C)[C@@H](OC2[C@@H](C)C[C@@H](CCCO[Si](C)(C)C(C)(C)C)[C@H](O[C@H]3O[C@H](CO)[C@@H](O)[C@H](N)[C@H]3O)[C@H]2O)O1.CC[C@@H]1CC[C@@H](C)[C@@H](OC2[C@@H](C)C[C@@H](N)[C@H](O[C@H]3O[C@H](CO)[C@@H](O)[C@H](N)[C@H]3O)[C@H]2O)O1. The maximum atomic E-state index is 11.8. The second-order valence-corrected chi connectivity index (χ2v) is 29.1. The van der Waals surface area contributed by atoms with Crippen LogP contribution in [0.4, 0.5) is 0 Å². The minimum Gasteiger partial charge on any atom is -0.417 e. The fourth-order valence-electron chi connectivity index (χ4n) is 11.0. The third-order valence-corrected chi connectivity index (χ3v) is 21.8. The van der Waals surface area contributed by atoms with Crippen molar-refractivity contribution in [2.75, 3.05) is 19.8 Å². The molecule has 448 valence electrons. The Kier molecular flexibility index (Phi) is 27.5. The van der Waals surface area contributed by atoms with Crippen molar-refractivity contribution < 1.29 is 88.0 Å². The van der Waals surface area contributed by atoms with Gasteiger partial charge in [-0.25, -0.2) is 0 Å². The van der Waals surface area contributed by atoms with Crippen molar-refractivity contribution in [1.82, 2.24) is 0 Å². The van der Waals surface area contributed by atoms with Crippen molar-refractivity contribution in [2.45, 2.75) is 287 Å². The summed E-state index contributed by atoms with van der Waals surface area (Å²) in [7, 11) is -1.89. The van der Waals surface area contributed by atoms with E-state index in [9.17, 15) is 45.6 Å². The first-order valence-corrected chi connectivity index (χ1v) is 31.5. The summed E-state index contributed by atoms with van der Waals surface area (Å²) in [6, 6.07) is -2.65. The second-order valence-electron chi connectivity index (χ2n) is 24.3. The molecule has 26 atom stereocenters. The van der Waals surface area contributed by atoms with E-state index in [-0.39, 0.29) is 46.8 Å². The van der Waals surface area contributed by atoms with Crippen molar-refractivity contribution in [3.8, 4) is 0 Å². The highest BCUT2D eigenvalue weighted by atomic mass is 28.4. The number of carbonyl (C=O) groups is 1. The Balaban J connectivity index is 0.000000317. The lowest BCUT2D eigenvalue weighted by Crippen LogP contribution is -2.66. The number of rotatable bonds is 18. The molecule has 4 heterocycles. The molecule has 0 bridgehead atoms. The molecular weight excluding hydrogens is 1010 g/mol. The molecule has 76 heavy (non-hydrogen) atoms. The van der Waals surface area contributed by atoms with Crippen LogP contribution in [0, 0.1) is 29.6 Å². The van der Waals surface area contributed by atoms with Gasteiger partial charge in [0, 0.05) is 30.9 Å². The Morgan fingerprint density at radius 3 is 1.38 bits per heavy atom. The fourth-order valence-corrected chi connectivity index (χ4v) is 12.0. The number of nitrogens with two attached hydrogens (primary N) is 3. The van der Waals surface area contributed by atoms with Gasteiger partial charge >= 0.3 is 0 Å². The molecule has 21 nitrogen and oxygen atoms in total. The first-order chi connectivity index (χ1) is 35.7. The van der Waals surface area contributed by atoms with Gasteiger partial charge in [-0.15, -0.1) is 0 Å². The molecule has 14 N–H and O–H groups in total. The lowest BCUT2D eigenvalue weighted by Gasteiger charge is -2.48. The zero-order valence-electron chi connectivity index (χ0n) is 47.9. The number of ether oxygens (including phenoxy) is 8. The molecule has 2 aliphatic carbocycles. The Morgan fingerprint density at radius 2 is 0.974 bits per heavy atom. The van der Waals surface area contributed by atoms with Crippen LogP contribution < -0.4 is 17.2 Å². The lowest BCUT2D eigenvalue weighted by molar-refractivity contribution is -0.323. The monoisotopic (exact) mass is 1110 g/mol. The normalized spacial score (nSPS) is 44.5. The largest absolute Gasteiger partial charge is 0.417 e. The molecule has 3 unspecified atom stereocenters. The minimum absolute atomic E-state index is 0.0332. The van der Waals surface area contributed by atoms with Crippen LogP contribution in [0.3, 0.4) is 0 Å². The highest BCUT2D eigenvalue weighted by molar-refractivity contribution is 6.74. The van der Waals surface area contributed by atoms with Crippen LogP contribution in [0.25, 0.3) is 0 Å². The molecular formula is C54H105N3O18Si. The van der Waals surface area contributed by atoms with Crippen LogP contribution in [0.5, 0.6) is 0 Å². The Morgan fingerprint density at radius 1 is 0.566 bits per heavy atom. The summed E-state index contributed by atoms with van der Waals surface area (Å²) >= 11 is 0. The molecule has 4 saturated heterocycles. The van der Waals surface area contributed by atoms with E-state index in [0.29, 0.717) is 19.4 Å². The zero-order valence-corrected chi connectivity index (χ0v) is 48.9. The third kappa shape index (κ3) is 17.6. The van der Waals surface area contributed by atoms with Crippen LogP contribution >= 0.6 is 0 Å². The topological polar surface area (TPSA) is 340 Å². The number of hydrogen-bond donors (Lipinski definition) is 11. The van der Waals surface area contributed by atoms with Gasteiger partial charge in [-0.05, 0) is 100 Å². The lowest BCUT2D eigenvalue weighted by atomic mass is 9.74. The van der Waals surface area contributed by atoms with Crippen molar-refractivity contribution >= 4 is 14.6 Å². The number of carbonyl (C=O) groups excluding carboxylic acids is 1. The molecule has 22 heteroatoms. The first-order valence-electron chi connectivity index (χ1n) is 28.6. The van der Waals surface area contributed by atoms with E-state index in [2.05, 4.69) is 68.5 Å². The summed E-state index contributed by atoms with van der Waals surface area (Å²) in [5, 5.41) is 83.7. The van der Waals surface area contributed by atoms with Crippen molar-refractivity contribution in [3.63, 3.8) is 0 Å². The summed E-state index contributed by atoms with van der Waals surface area (Å²) in [5.41, 5.74) is 18.2. The van der Waals surface area contributed by atoms with Crippen LogP contribution in [-0.4, -0.2) is 204 Å². The van der Waals surface area contributed by atoms with Gasteiger partial charge in [0.15, 0.2) is 33.5 Å². The molecule has 0 radical (unpaired) electrons. The molecule has 0 spiro atoms. The quantitative estimate of drug-likeness (QED) is 0.0533. The maximum Gasteiger partial charge on any atom is 0.191 e. The zero-order chi connectivity index (χ0) is 57.0. The van der Waals surface area contributed by atoms with E-state index in [4.69, 9.17) is 59.5 Å². The first kappa shape index (κ1) is 67.6. The van der Waals surface area contributed by atoms with Gasteiger partial charge in [0.05, 0.1) is 55.8 Å². The van der Waals surface area contributed by atoms with Crippen LogP contribution in [0.1, 0.15) is 140 Å². The number of aldehydes is 1. The van der Waals surface area contributed by atoms with Gasteiger partial charge in [0.25, 0.3) is 0 Å². The number of aliphatic hydroxyl groups is 8. The van der Waals surface area contributed by atoms with Gasteiger partial charge < -0.3 is 105 Å². The van der Waals surface area contributed by atoms with Gasteiger partial charge in [-0.1, -0.05) is 69.2 Å². The summed E-state index contributed by atoms with van der Waals surface area (Å²) < 4.78 is 55.0. The van der Waals surface area contributed by atoms with E-state index in [1.54, 1.807) is 0 Å². The summed E-state index contributed by atoms with van der Waals surface area (Å²) in [6.07, 6.45) is -4.80. The smallest absolute Gasteiger partial charge is 0.191 e. The van der Waals surface area contributed by atoms with Crippen LogP contribution in [0.2, 0.25) is 18.1 Å². The number of aliphatic hydroxyl groups excluding tert-OH is 8. The van der Waals surface area contributed by atoms with Gasteiger partial charge in [0.2, 0.25) is 0 Å². The third-order valence-electron chi connectivity index (χ3n) is 17.2. The molecule has 0 aromatic heterocycles. The van der Waals surface area contributed by atoms with Gasteiger partial charge in [0.1, 0.15) is 61.2 Å². The van der Waals surface area contributed by atoms with E-state index in [1.807, 2.05) is 13.8 Å². The Bertz CT molecular complexity index is 1660. The molecule has 4 aliphatic heterocycles. The van der Waals surface area contributed by atoms with Crippen LogP contribution in [0.15, 0.2) is 0 Å². The Hall–Kier alpha value is -0.913. The van der Waals surface area contributed by atoms with Gasteiger partial charge in [-0.3, -0.25) is 0 Å². The average molecular weight is 1110 g/mol. The van der Waals surface area contributed by atoms with Crippen molar-refractivity contribution in [2.24, 2.45) is 46.8 Å². The molecule has 6 aliphatic rings. The summed E-state index contributed by atoms with van der Waals surface area (Å²) in [4.78, 5) is 9.17. The molecule has 0 aromatic carbocycles. The molecule has 0 aromatic rings. The van der Waals surface area contributed by atoms with E-state index in [0.717, 1.165) is 64.1 Å². The van der Waals surface area contributed by atoms with E-state index >= 15 is 0 Å². The highest BCUT2D eigenvalue weighted by Crippen LogP contribution is 2.42. The summed E-state index contributed by atoms with van der Waals surface area (Å²) in [6.45, 7) is 25.1. The average Bonchev–Trinajstić information content (AvgIpc) is 3.38. The van der Waals surface area contributed by atoms with Gasteiger partial charge in [-0.2, -0.15) is 0 Å². The Labute approximate surface area is 454 Å². The molecule has 6 fully saturated rings. The fraction of sp³-hybridized carbons (Fsp3) is 0.981. The van der Waals surface area contributed by atoms with Crippen molar-refractivity contribution in [1.29, 1.82) is 0 Å². The minimum atomic E-state index is -1.89. The second kappa shape index (κ2) is 30.9. The van der Waals surface area contributed by atoms with E-state index < -0.39 is 138 Å². The maximum absolute atomic E-state index is 11.8.